The summed E-state index contributed by atoms with van der Waals surface area (Å²) in [5, 5.41) is 2.96. The van der Waals surface area contributed by atoms with Crippen molar-refractivity contribution in [2.45, 2.75) is 20.3 Å². The molecule has 0 bridgehead atoms. The van der Waals surface area contributed by atoms with Crippen molar-refractivity contribution in [3.05, 3.63) is 58.6 Å². The van der Waals surface area contributed by atoms with E-state index >= 15 is 0 Å². The Morgan fingerprint density at radius 1 is 1.18 bits per heavy atom. The van der Waals surface area contributed by atoms with Gasteiger partial charge >= 0.3 is 0 Å². The van der Waals surface area contributed by atoms with Crippen LogP contribution in [0.4, 0.5) is 11.4 Å². The van der Waals surface area contributed by atoms with Crippen molar-refractivity contribution in [3.8, 4) is 0 Å². The van der Waals surface area contributed by atoms with Crippen molar-refractivity contribution in [2.24, 2.45) is 0 Å². The number of hydrogen-bond acceptors (Lipinski definition) is 2. The third kappa shape index (κ3) is 4.60. The zero-order valence-corrected chi connectivity index (χ0v) is 14.6. The van der Waals surface area contributed by atoms with Crippen LogP contribution in [0.15, 0.2) is 53.0 Å². The molecular formula is C18H21BrN2O. The Hall–Kier alpha value is -1.81. The normalized spacial score (nSPS) is 10.3. The third-order valence-electron chi connectivity index (χ3n) is 3.51. The lowest BCUT2D eigenvalue weighted by Crippen LogP contribution is -2.27. The van der Waals surface area contributed by atoms with Gasteiger partial charge in [-0.15, -0.1) is 0 Å². The maximum atomic E-state index is 12.1. The molecule has 0 aliphatic heterocycles. The maximum Gasteiger partial charge on any atom is 0.226 e. The third-order valence-corrected chi connectivity index (χ3v) is 4.17. The Kier molecular flexibility index (Phi) is 6.01. The van der Waals surface area contributed by atoms with Gasteiger partial charge in [-0.05, 0) is 59.6 Å². The fourth-order valence-electron chi connectivity index (χ4n) is 2.28. The van der Waals surface area contributed by atoms with Gasteiger partial charge in [-0.2, -0.15) is 0 Å². The van der Waals surface area contributed by atoms with Gasteiger partial charge in [-0.3, -0.25) is 4.79 Å². The fourth-order valence-corrected chi connectivity index (χ4v) is 2.87. The van der Waals surface area contributed by atoms with Crippen LogP contribution in [0.2, 0.25) is 0 Å². The molecule has 1 N–H and O–H groups in total. The van der Waals surface area contributed by atoms with Gasteiger partial charge in [0.25, 0.3) is 0 Å². The molecule has 2 rings (SSSR count). The Bertz CT molecular complexity index is 628. The Balaban J connectivity index is 1.92. The van der Waals surface area contributed by atoms with Gasteiger partial charge < -0.3 is 10.2 Å². The predicted octanol–water partition coefficient (Wildman–Crippen LogP) is 4.61. The Morgan fingerprint density at radius 3 is 2.55 bits per heavy atom. The number of anilines is 2. The second kappa shape index (κ2) is 7.99. The van der Waals surface area contributed by atoms with Gasteiger partial charge in [-0.25, -0.2) is 0 Å². The van der Waals surface area contributed by atoms with Gasteiger partial charge in [-0.1, -0.05) is 24.3 Å². The summed E-state index contributed by atoms with van der Waals surface area (Å²) in [5.41, 5.74) is 3.12. The van der Waals surface area contributed by atoms with Crippen LogP contribution in [-0.2, 0) is 4.79 Å². The standard InChI is InChI=1S/C18H21BrN2O/c1-3-21(15-7-5-4-6-8-15)12-11-18(22)20-17-10-9-14(2)13-16(17)19/h4-10,13H,3,11-12H2,1-2H3,(H,20,22). The zero-order chi connectivity index (χ0) is 15.9. The summed E-state index contributed by atoms with van der Waals surface area (Å²) in [4.78, 5) is 14.3. The predicted molar refractivity (Wildman–Crippen MR) is 96.5 cm³/mol. The number of amides is 1. The van der Waals surface area contributed by atoms with Crippen LogP contribution in [-0.4, -0.2) is 19.0 Å². The van der Waals surface area contributed by atoms with Gasteiger partial charge in [0.1, 0.15) is 0 Å². The number of benzene rings is 2. The van der Waals surface area contributed by atoms with Crippen molar-refractivity contribution in [1.29, 1.82) is 0 Å². The highest BCUT2D eigenvalue weighted by molar-refractivity contribution is 9.10. The van der Waals surface area contributed by atoms with Crippen LogP contribution >= 0.6 is 15.9 Å². The van der Waals surface area contributed by atoms with Crippen LogP contribution in [0.25, 0.3) is 0 Å². The first-order valence-corrected chi connectivity index (χ1v) is 8.25. The minimum atomic E-state index is 0.0268. The number of nitrogens with zero attached hydrogens (tertiary/aromatic N) is 1. The highest BCUT2D eigenvalue weighted by atomic mass is 79.9. The number of rotatable bonds is 6. The molecule has 0 aromatic heterocycles. The first-order valence-electron chi connectivity index (χ1n) is 7.46. The van der Waals surface area contributed by atoms with E-state index in [1.165, 1.54) is 0 Å². The van der Waals surface area contributed by atoms with E-state index in [1.54, 1.807) is 0 Å². The van der Waals surface area contributed by atoms with E-state index in [0.29, 0.717) is 13.0 Å². The van der Waals surface area contributed by atoms with E-state index in [2.05, 4.69) is 45.2 Å². The summed E-state index contributed by atoms with van der Waals surface area (Å²) in [7, 11) is 0. The minimum Gasteiger partial charge on any atom is -0.371 e. The average molecular weight is 361 g/mol. The SMILES string of the molecule is CCN(CCC(=O)Nc1ccc(C)cc1Br)c1ccccc1. The minimum absolute atomic E-state index is 0.0268. The largest absolute Gasteiger partial charge is 0.371 e. The Labute approximate surface area is 140 Å². The molecule has 3 nitrogen and oxygen atoms in total. The van der Waals surface area contributed by atoms with Gasteiger partial charge in [0.05, 0.1) is 5.69 Å². The van der Waals surface area contributed by atoms with Crippen molar-refractivity contribution < 1.29 is 4.79 Å². The molecule has 0 aliphatic carbocycles. The number of para-hydroxylation sites is 1. The molecule has 4 heteroatoms. The van der Waals surface area contributed by atoms with Crippen molar-refractivity contribution in [2.75, 3.05) is 23.3 Å². The molecule has 2 aromatic carbocycles. The quantitative estimate of drug-likeness (QED) is 0.815. The summed E-state index contributed by atoms with van der Waals surface area (Å²) in [5.74, 6) is 0.0268. The summed E-state index contributed by atoms with van der Waals surface area (Å²) >= 11 is 3.48. The number of halogens is 1. The van der Waals surface area contributed by atoms with E-state index in [1.807, 2.05) is 43.3 Å². The van der Waals surface area contributed by atoms with Crippen LogP contribution < -0.4 is 10.2 Å². The Morgan fingerprint density at radius 2 is 1.91 bits per heavy atom. The second-order valence-electron chi connectivity index (χ2n) is 5.20. The van der Waals surface area contributed by atoms with Crippen molar-refractivity contribution in [1.82, 2.24) is 0 Å². The summed E-state index contributed by atoms with van der Waals surface area (Å²) in [6.45, 7) is 5.71. The van der Waals surface area contributed by atoms with E-state index in [9.17, 15) is 4.79 Å². The molecule has 0 unspecified atom stereocenters. The number of carbonyl (C=O) groups is 1. The second-order valence-corrected chi connectivity index (χ2v) is 6.05. The smallest absolute Gasteiger partial charge is 0.226 e. The lowest BCUT2D eigenvalue weighted by Gasteiger charge is -2.22. The molecule has 0 saturated carbocycles. The molecule has 0 heterocycles. The van der Waals surface area contributed by atoms with Crippen molar-refractivity contribution in [3.63, 3.8) is 0 Å². The van der Waals surface area contributed by atoms with E-state index in [-0.39, 0.29) is 5.91 Å². The molecule has 0 fully saturated rings. The monoisotopic (exact) mass is 360 g/mol. The lowest BCUT2D eigenvalue weighted by atomic mass is 10.2. The van der Waals surface area contributed by atoms with Gasteiger partial charge in [0, 0.05) is 29.7 Å². The summed E-state index contributed by atoms with van der Waals surface area (Å²) in [6, 6.07) is 16.1. The van der Waals surface area contributed by atoms with Gasteiger partial charge in [0.15, 0.2) is 0 Å². The molecule has 0 radical (unpaired) electrons. The molecule has 22 heavy (non-hydrogen) atoms. The number of aryl methyl sites for hydroxylation is 1. The molecule has 116 valence electrons. The molecule has 1 amide bonds. The fraction of sp³-hybridized carbons (Fsp3) is 0.278. The zero-order valence-electron chi connectivity index (χ0n) is 13.0. The summed E-state index contributed by atoms with van der Waals surface area (Å²) in [6.07, 6.45) is 0.461. The van der Waals surface area contributed by atoms with Crippen LogP contribution in [0.5, 0.6) is 0 Å². The van der Waals surface area contributed by atoms with E-state index in [0.717, 1.165) is 28.0 Å². The molecule has 2 aromatic rings. The molecule has 0 spiro atoms. The summed E-state index contributed by atoms with van der Waals surface area (Å²) < 4.78 is 0.913. The number of hydrogen-bond donors (Lipinski definition) is 1. The maximum absolute atomic E-state index is 12.1. The molecule has 0 saturated heterocycles. The number of carbonyl (C=O) groups excluding carboxylic acids is 1. The van der Waals surface area contributed by atoms with Crippen molar-refractivity contribution >= 4 is 33.2 Å². The highest BCUT2D eigenvalue weighted by Crippen LogP contribution is 2.23. The van der Waals surface area contributed by atoms with E-state index < -0.39 is 0 Å². The van der Waals surface area contributed by atoms with Crippen LogP contribution in [0.3, 0.4) is 0 Å². The lowest BCUT2D eigenvalue weighted by molar-refractivity contribution is -0.116. The van der Waals surface area contributed by atoms with Crippen LogP contribution in [0, 0.1) is 6.92 Å². The van der Waals surface area contributed by atoms with Crippen LogP contribution in [0.1, 0.15) is 18.9 Å². The number of nitrogens with one attached hydrogen (secondary N) is 1. The average Bonchev–Trinajstić information content (AvgIpc) is 2.52. The first kappa shape index (κ1) is 16.6. The molecule has 0 atom stereocenters. The van der Waals surface area contributed by atoms with E-state index in [4.69, 9.17) is 0 Å². The highest BCUT2D eigenvalue weighted by Gasteiger charge is 2.09. The topological polar surface area (TPSA) is 32.3 Å². The van der Waals surface area contributed by atoms with Gasteiger partial charge in [0.2, 0.25) is 5.91 Å². The molecule has 0 aliphatic rings. The molecular weight excluding hydrogens is 340 g/mol. The first-order chi connectivity index (χ1) is 10.6.